The molecule has 0 N–H and O–H groups in total. The van der Waals surface area contributed by atoms with E-state index in [1.165, 1.54) is 11.8 Å². The monoisotopic (exact) mass is 373 g/mol. The molecule has 0 saturated carbocycles. The second-order valence-corrected chi connectivity index (χ2v) is 6.16. The third-order valence-electron chi connectivity index (χ3n) is 4.27. The van der Waals surface area contributed by atoms with E-state index in [1.807, 2.05) is 24.3 Å². The maximum Gasteiger partial charge on any atom is 0.341 e. The molecule has 140 valence electrons. The van der Waals surface area contributed by atoms with Gasteiger partial charge >= 0.3 is 5.97 Å². The van der Waals surface area contributed by atoms with E-state index in [0.29, 0.717) is 16.8 Å². The summed E-state index contributed by atoms with van der Waals surface area (Å²) in [7, 11) is 0. The molecular formula is C22H19N3O3. The quantitative estimate of drug-likeness (QED) is 0.615. The van der Waals surface area contributed by atoms with E-state index in [-0.39, 0.29) is 18.9 Å². The molecule has 3 rings (SSSR count). The van der Waals surface area contributed by atoms with Crippen LogP contribution in [0.5, 0.6) is 0 Å². The highest BCUT2D eigenvalue weighted by atomic mass is 16.5. The lowest BCUT2D eigenvalue weighted by Crippen LogP contribution is -2.40. The molecule has 1 aromatic heterocycles. The van der Waals surface area contributed by atoms with Gasteiger partial charge in [0.2, 0.25) is 0 Å². The molecule has 0 bridgehead atoms. The molecule has 6 heteroatoms. The molecule has 0 aliphatic carbocycles. The van der Waals surface area contributed by atoms with Gasteiger partial charge in [0.1, 0.15) is 0 Å². The van der Waals surface area contributed by atoms with Gasteiger partial charge < -0.3 is 9.64 Å². The molecule has 0 aliphatic rings. The number of ether oxygens (including phenoxy) is 1. The smallest absolute Gasteiger partial charge is 0.341 e. The first-order valence-corrected chi connectivity index (χ1v) is 8.90. The van der Waals surface area contributed by atoms with Crippen molar-refractivity contribution in [3.05, 3.63) is 72.4 Å². The zero-order valence-electron chi connectivity index (χ0n) is 15.4. The van der Waals surface area contributed by atoms with E-state index in [2.05, 4.69) is 4.98 Å². The van der Waals surface area contributed by atoms with Crippen molar-refractivity contribution >= 4 is 28.5 Å². The largest absolute Gasteiger partial charge is 0.449 e. The standard InChI is InChI=1S/C22H19N3O3/c1-16(21(26)25(15-7-13-23)18-10-3-2-4-11-18)28-22(27)19-12-5-8-17-9-6-14-24-20(17)19/h2-6,8-12,14,16H,7,15H2,1H3/t16-/m1/s1. The number of pyridine rings is 1. The Labute approximate surface area is 163 Å². The lowest BCUT2D eigenvalue weighted by atomic mass is 10.1. The molecule has 1 atom stereocenters. The molecule has 1 amide bonds. The number of amides is 1. The Balaban J connectivity index is 1.80. The van der Waals surface area contributed by atoms with Crippen LogP contribution in [-0.4, -0.2) is 29.5 Å². The number of aromatic nitrogens is 1. The van der Waals surface area contributed by atoms with Crippen LogP contribution in [0.4, 0.5) is 5.69 Å². The van der Waals surface area contributed by atoms with Crippen molar-refractivity contribution < 1.29 is 14.3 Å². The topological polar surface area (TPSA) is 83.3 Å². The van der Waals surface area contributed by atoms with Gasteiger partial charge in [-0.2, -0.15) is 5.26 Å². The van der Waals surface area contributed by atoms with Crippen LogP contribution in [0.15, 0.2) is 66.9 Å². The van der Waals surface area contributed by atoms with Gasteiger partial charge in [0, 0.05) is 23.8 Å². The number of para-hydroxylation sites is 2. The lowest BCUT2D eigenvalue weighted by Gasteiger charge is -2.25. The maximum absolute atomic E-state index is 12.9. The number of hydrogen-bond acceptors (Lipinski definition) is 5. The lowest BCUT2D eigenvalue weighted by molar-refractivity contribution is -0.126. The average Bonchev–Trinajstić information content (AvgIpc) is 2.74. The summed E-state index contributed by atoms with van der Waals surface area (Å²) < 4.78 is 5.44. The van der Waals surface area contributed by atoms with E-state index >= 15 is 0 Å². The predicted molar refractivity (Wildman–Crippen MR) is 106 cm³/mol. The minimum absolute atomic E-state index is 0.175. The van der Waals surface area contributed by atoms with Gasteiger partial charge in [-0.3, -0.25) is 9.78 Å². The van der Waals surface area contributed by atoms with E-state index in [0.717, 1.165) is 5.39 Å². The van der Waals surface area contributed by atoms with Gasteiger partial charge in [-0.25, -0.2) is 4.79 Å². The van der Waals surface area contributed by atoms with Crippen molar-refractivity contribution in [2.75, 3.05) is 11.4 Å². The molecule has 0 unspecified atom stereocenters. The van der Waals surface area contributed by atoms with E-state index in [1.54, 1.807) is 48.7 Å². The molecule has 1 heterocycles. The van der Waals surface area contributed by atoms with Crippen LogP contribution in [0, 0.1) is 11.3 Å². The van der Waals surface area contributed by atoms with Crippen molar-refractivity contribution in [2.45, 2.75) is 19.4 Å². The zero-order valence-corrected chi connectivity index (χ0v) is 15.4. The van der Waals surface area contributed by atoms with Crippen LogP contribution in [0.2, 0.25) is 0 Å². The zero-order chi connectivity index (χ0) is 19.9. The molecule has 2 aromatic carbocycles. The predicted octanol–water partition coefficient (Wildman–Crippen LogP) is 3.73. The number of anilines is 1. The number of hydrogen-bond donors (Lipinski definition) is 0. The van der Waals surface area contributed by atoms with E-state index < -0.39 is 12.1 Å². The highest BCUT2D eigenvalue weighted by Gasteiger charge is 2.26. The Morgan fingerprint density at radius 3 is 2.61 bits per heavy atom. The molecule has 28 heavy (non-hydrogen) atoms. The number of nitrogens with zero attached hydrogens (tertiary/aromatic N) is 3. The van der Waals surface area contributed by atoms with Crippen molar-refractivity contribution in [3.63, 3.8) is 0 Å². The number of fused-ring (bicyclic) bond motifs is 1. The third kappa shape index (κ3) is 4.15. The highest BCUT2D eigenvalue weighted by Crippen LogP contribution is 2.19. The van der Waals surface area contributed by atoms with Crippen molar-refractivity contribution in [2.24, 2.45) is 0 Å². The first-order valence-electron chi connectivity index (χ1n) is 8.90. The fourth-order valence-electron chi connectivity index (χ4n) is 2.90. The summed E-state index contributed by atoms with van der Waals surface area (Å²) in [5.74, 6) is -0.999. The summed E-state index contributed by atoms with van der Waals surface area (Å²) in [6.07, 6.45) is 0.770. The number of rotatable bonds is 6. The van der Waals surface area contributed by atoms with Crippen molar-refractivity contribution in [3.8, 4) is 6.07 Å². The SMILES string of the molecule is C[C@@H](OC(=O)c1cccc2cccnc12)C(=O)N(CCC#N)c1ccccc1. The number of carbonyl (C=O) groups excluding carboxylic acids is 2. The normalized spacial score (nSPS) is 11.4. The van der Waals surface area contributed by atoms with Crippen LogP contribution in [0.25, 0.3) is 10.9 Å². The Hall–Kier alpha value is -3.72. The van der Waals surface area contributed by atoms with Crippen LogP contribution >= 0.6 is 0 Å². The van der Waals surface area contributed by atoms with Crippen molar-refractivity contribution in [1.29, 1.82) is 5.26 Å². The summed E-state index contributed by atoms with van der Waals surface area (Å²) in [6, 6.07) is 19.9. The third-order valence-corrected chi connectivity index (χ3v) is 4.27. The molecular weight excluding hydrogens is 354 g/mol. The van der Waals surface area contributed by atoms with E-state index in [4.69, 9.17) is 10.00 Å². The second kappa shape index (κ2) is 8.78. The second-order valence-electron chi connectivity index (χ2n) is 6.16. The fraction of sp³-hybridized carbons (Fsp3) is 0.182. The highest BCUT2D eigenvalue weighted by molar-refractivity contribution is 6.04. The molecule has 0 fully saturated rings. The number of benzene rings is 2. The summed E-state index contributed by atoms with van der Waals surface area (Å²) in [5, 5.41) is 9.71. The molecule has 6 nitrogen and oxygen atoms in total. The number of esters is 1. The van der Waals surface area contributed by atoms with Crippen LogP contribution in [-0.2, 0) is 9.53 Å². The van der Waals surface area contributed by atoms with Gasteiger partial charge in [0.15, 0.2) is 6.10 Å². The van der Waals surface area contributed by atoms with Crippen LogP contribution in [0.3, 0.4) is 0 Å². The van der Waals surface area contributed by atoms with Gasteiger partial charge in [-0.05, 0) is 31.2 Å². The Morgan fingerprint density at radius 1 is 1.11 bits per heavy atom. The molecule has 0 spiro atoms. The van der Waals surface area contributed by atoms with Gasteiger partial charge in [-0.15, -0.1) is 0 Å². The van der Waals surface area contributed by atoms with Gasteiger partial charge in [-0.1, -0.05) is 36.4 Å². The van der Waals surface area contributed by atoms with Crippen LogP contribution in [0.1, 0.15) is 23.7 Å². The van der Waals surface area contributed by atoms with Gasteiger partial charge in [0.25, 0.3) is 5.91 Å². The molecule has 0 radical (unpaired) electrons. The molecule has 0 aliphatic heterocycles. The Kier molecular flexibility index (Phi) is 5.97. The van der Waals surface area contributed by atoms with E-state index in [9.17, 15) is 9.59 Å². The van der Waals surface area contributed by atoms with Crippen LogP contribution < -0.4 is 4.90 Å². The van der Waals surface area contributed by atoms with Gasteiger partial charge in [0.05, 0.1) is 23.6 Å². The Morgan fingerprint density at radius 2 is 1.86 bits per heavy atom. The minimum atomic E-state index is -1.01. The van der Waals surface area contributed by atoms with Crippen molar-refractivity contribution in [1.82, 2.24) is 4.98 Å². The molecule has 3 aromatic rings. The summed E-state index contributed by atoms with van der Waals surface area (Å²) in [5.41, 5.74) is 1.48. The average molecular weight is 373 g/mol. The maximum atomic E-state index is 12.9. The number of carbonyl (C=O) groups is 2. The summed E-state index contributed by atoms with van der Waals surface area (Å²) in [4.78, 5) is 31.3. The fourth-order valence-corrected chi connectivity index (χ4v) is 2.90. The Bertz CT molecular complexity index is 1020. The first-order chi connectivity index (χ1) is 13.6. The summed E-state index contributed by atoms with van der Waals surface area (Å²) >= 11 is 0. The minimum Gasteiger partial charge on any atom is -0.449 e. The number of nitriles is 1. The summed E-state index contributed by atoms with van der Waals surface area (Å²) in [6.45, 7) is 1.75. The molecule has 0 saturated heterocycles. The first kappa shape index (κ1) is 19.1.